The Morgan fingerprint density at radius 3 is 2.42 bits per heavy atom. The van der Waals surface area contributed by atoms with Crippen LogP contribution in [0.25, 0.3) is 0 Å². The van der Waals surface area contributed by atoms with Gasteiger partial charge < -0.3 is 10.6 Å². The van der Waals surface area contributed by atoms with E-state index >= 15 is 0 Å². The van der Waals surface area contributed by atoms with Crippen LogP contribution in [0.15, 0.2) is 24.3 Å². The van der Waals surface area contributed by atoms with Gasteiger partial charge in [0.2, 0.25) is 5.91 Å². The van der Waals surface area contributed by atoms with Crippen molar-refractivity contribution in [1.82, 2.24) is 15.5 Å². The third-order valence-corrected chi connectivity index (χ3v) is 4.83. The Kier molecular flexibility index (Phi) is 6.40. The number of imide groups is 1. The van der Waals surface area contributed by atoms with Gasteiger partial charge in [0.15, 0.2) is 0 Å². The Labute approximate surface area is 155 Å². The van der Waals surface area contributed by atoms with Crippen LogP contribution in [-0.4, -0.2) is 35.8 Å². The van der Waals surface area contributed by atoms with Crippen molar-refractivity contribution in [2.45, 2.75) is 58.4 Å². The summed E-state index contributed by atoms with van der Waals surface area (Å²) in [5.74, 6) is -0.328. The first-order valence-corrected chi connectivity index (χ1v) is 9.30. The van der Waals surface area contributed by atoms with E-state index in [0.717, 1.165) is 29.7 Å². The fraction of sp³-hybridized carbons (Fsp3) is 0.550. The van der Waals surface area contributed by atoms with Crippen molar-refractivity contribution in [2.24, 2.45) is 0 Å². The lowest BCUT2D eigenvalue weighted by Gasteiger charge is -2.22. The zero-order valence-electron chi connectivity index (χ0n) is 16.1. The molecule has 2 rings (SSSR count). The number of urea groups is 1. The van der Waals surface area contributed by atoms with Crippen molar-refractivity contribution in [3.8, 4) is 0 Å². The van der Waals surface area contributed by atoms with Crippen molar-refractivity contribution < 1.29 is 14.4 Å². The van der Waals surface area contributed by atoms with Crippen LogP contribution in [-0.2, 0) is 15.1 Å². The summed E-state index contributed by atoms with van der Waals surface area (Å²) in [6, 6.07) is 7.12. The van der Waals surface area contributed by atoms with E-state index < -0.39 is 17.5 Å². The molecule has 0 aliphatic carbocycles. The predicted molar refractivity (Wildman–Crippen MR) is 101 cm³/mol. The lowest BCUT2D eigenvalue weighted by atomic mass is 9.90. The summed E-state index contributed by atoms with van der Waals surface area (Å²) >= 11 is 0. The second-order valence-electron chi connectivity index (χ2n) is 7.28. The number of benzene rings is 1. The molecule has 4 amide bonds. The first-order valence-electron chi connectivity index (χ1n) is 9.30. The lowest BCUT2D eigenvalue weighted by molar-refractivity contribution is -0.134. The summed E-state index contributed by atoms with van der Waals surface area (Å²) in [4.78, 5) is 38.1. The minimum absolute atomic E-state index is 0.254. The van der Waals surface area contributed by atoms with Gasteiger partial charge in [0, 0.05) is 6.54 Å². The molecule has 0 spiro atoms. The van der Waals surface area contributed by atoms with E-state index in [1.807, 2.05) is 24.3 Å². The second-order valence-corrected chi connectivity index (χ2v) is 7.28. The molecule has 1 aliphatic heterocycles. The number of carbonyl (C=O) groups excluding carboxylic acids is 3. The molecule has 0 aromatic heterocycles. The van der Waals surface area contributed by atoms with Crippen molar-refractivity contribution >= 4 is 17.8 Å². The molecular formula is C20H29N3O3. The van der Waals surface area contributed by atoms with Gasteiger partial charge in [0.05, 0.1) is 0 Å². The Hall–Kier alpha value is -2.37. The number of unbranched alkanes of at least 4 members (excludes halogenated alkanes) is 2. The number of rotatable bonds is 8. The normalized spacial score (nSPS) is 19.8. The quantitative estimate of drug-likeness (QED) is 0.553. The Bertz CT molecular complexity index is 669. The van der Waals surface area contributed by atoms with Gasteiger partial charge in [0.1, 0.15) is 12.1 Å². The van der Waals surface area contributed by atoms with Gasteiger partial charge >= 0.3 is 6.03 Å². The van der Waals surface area contributed by atoms with Crippen LogP contribution >= 0.6 is 0 Å². The van der Waals surface area contributed by atoms with E-state index in [4.69, 9.17) is 0 Å². The summed E-state index contributed by atoms with van der Waals surface area (Å²) in [7, 11) is 0. The van der Waals surface area contributed by atoms with E-state index in [1.54, 1.807) is 6.92 Å². The molecule has 0 radical (unpaired) electrons. The molecular weight excluding hydrogens is 330 g/mol. The van der Waals surface area contributed by atoms with E-state index in [0.29, 0.717) is 18.0 Å². The molecule has 0 saturated carbocycles. The van der Waals surface area contributed by atoms with Crippen molar-refractivity contribution in [1.29, 1.82) is 0 Å². The first kappa shape index (κ1) is 19.9. The van der Waals surface area contributed by atoms with Crippen LogP contribution in [0.3, 0.4) is 0 Å². The molecule has 0 bridgehead atoms. The summed E-state index contributed by atoms with van der Waals surface area (Å²) in [6.07, 6.45) is 2.99. The molecule has 1 aliphatic rings. The molecule has 142 valence electrons. The summed E-state index contributed by atoms with van der Waals surface area (Å²) < 4.78 is 0. The van der Waals surface area contributed by atoms with Crippen LogP contribution in [0, 0.1) is 0 Å². The predicted octanol–water partition coefficient (Wildman–Crippen LogP) is 2.88. The van der Waals surface area contributed by atoms with E-state index in [2.05, 4.69) is 31.4 Å². The maximum Gasteiger partial charge on any atom is 0.325 e. The highest BCUT2D eigenvalue weighted by molar-refractivity contribution is 6.09. The van der Waals surface area contributed by atoms with Gasteiger partial charge in [0.25, 0.3) is 5.91 Å². The van der Waals surface area contributed by atoms with Gasteiger partial charge in [-0.15, -0.1) is 0 Å². The van der Waals surface area contributed by atoms with E-state index in [-0.39, 0.29) is 12.5 Å². The van der Waals surface area contributed by atoms with Gasteiger partial charge in [-0.2, -0.15) is 0 Å². The monoisotopic (exact) mass is 359 g/mol. The number of carbonyl (C=O) groups is 3. The van der Waals surface area contributed by atoms with Crippen LogP contribution in [0.4, 0.5) is 4.79 Å². The Balaban J connectivity index is 2.05. The highest BCUT2D eigenvalue weighted by Gasteiger charge is 2.49. The highest BCUT2D eigenvalue weighted by Crippen LogP contribution is 2.29. The zero-order valence-corrected chi connectivity index (χ0v) is 16.1. The Morgan fingerprint density at radius 1 is 1.19 bits per heavy atom. The standard InChI is InChI=1S/C20H29N3O3/c1-5-6-7-12-21-17(24)13-23-18(25)20(4,22-19(23)26)16-10-8-15(9-11-16)14(2)3/h8-11,14H,5-7,12-13H2,1-4H3,(H,21,24)(H,22,26)/t20-/m1/s1. The topological polar surface area (TPSA) is 78.5 Å². The maximum atomic E-state index is 12.8. The van der Waals surface area contributed by atoms with E-state index in [1.165, 1.54) is 0 Å². The molecule has 1 saturated heterocycles. The fourth-order valence-corrected chi connectivity index (χ4v) is 3.04. The average Bonchev–Trinajstić information content (AvgIpc) is 2.83. The fourth-order valence-electron chi connectivity index (χ4n) is 3.04. The number of hydrogen-bond donors (Lipinski definition) is 2. The first-order chi connectivity index (χ1) is 12.3. The molecule has 0 unspecified atom stereocenters. The molecule has 1 heterocycles. The highest BCUT2D eigenvalue weighted by atomic mass is 16.2. The zero-order chi connectivity index (χ0) is 19.3. The Morgan fingerprint density at radius 2 is 1.85 bits per heavy atom. The van der Waals surface area contributed by atoms with Crippen molar-refractivity contribution in [2.75, 3.05) is 13.1 Å². The summed E-state index contributed by atoms with van der Waals surface area (Å²) in [6.45, 7) is 8.27. The molecule has 1 atom stereocenters. The van der Waals surface area contributed by atoms with Crippen molar-refractivity contribution in [3.05, 3.63) is 35.4 Å². The van der Waals surface area contributed by atoms with Gasteiger partial charge in [-0.05, 0) is 30.4 Å². The lowest BCUT2D eigenvalue weighted by Crippen LogP contribution is -2.43. The number of hydrogen-bond acceptors (Lipinski definition) is 3. The molecule has 2 N–H and O–H groups in total. The van der Waals surface area contributed by atoms with Crippen LogP contribution in [0.5, 0.6) is 0 Å². The second kappa shape index (κ2) is 8.34. The molecule has 6 heteroatoms. The van der Waals surface area contributed by atoms with Crippen LogP contribution < -0.4 is 10.6 Å². The van der Waals surface area contributed by atoms with Gasteiger partial charge in [-0.25, -0.2) is 4.79 Å². The smallest absolute Gasteiger partial charge is 0.325 e. The number of nitrogens with one attached hydrogen (secondary N) is 2. The summed E-state index contributed by atoms with van der Waals surface area (Å²) in [5.41, 5.74) is 0.735. The third-order valence-electron chi connectivity index (χ3n) is 4.83. The van der Waals surface area contributed by atoms with Crippen LogP contribution in [0.2, 0.25) is 0 Å². The third kappa shape index (κ3) is 4.23. The van der Waals surface area contributed by atoms with Gasteiger partial charge in [-0.1, -0.05) is 57.9 Å². The average molecular weight is 359 g/mol. The SMILES string of the molecule is CCCCCNC(=O)CN1C(=O)N[C@](C)(c2ccc(C(C)C)cc2)C1=O. The minimum Gasteiger partial charge on any atom is -0.355 e. The largest absolute Gasteiger partial charge is 0.355 e. The van der Waals surface area contributed by atoms with Crippen LogP contribution in [0.1, 0.15) is 64.0 Å². The molecule has 1 fully saturated rings. The summed E-state index contributed by atoms with van der Waals surface area (Å²) in [5, 5.41) is 5.49. The van der Waals surface area contributed by atoms with Crippen molar-refractivity contribution in [3.63, 3.8) is 0 Å². The number of nitrogens with zero attached hydrogens (tertiary/aromatic N) is 1. The minimum atomic E-state index is -1.14. The molecule has 6 nitrogen and oxygen atoms in total. The van der Waals surface area contributed by atoms with Gasteiger partial charge in [-0.3, -0.25) is 14.5 Å². The molecule has 1 aromatic carbocycles. The molecule has 26 heavy (non-hydrogen) atoms. The maximum absolute atomic E-state index is 12.8. The number of amides is 4. The molecule has 1 aromatic rings. The van der Waals surface area contributed by atoms with E-state index in [9.17, 15) is 14.4 Å².